The van der Waals surface area contributed by atoms with Crippen LogP contribution in [0.1, 0.15) is 88.0 Å². The normalized spacial score (nSPS) is 32.3. The Kier molecular flexibility index (Phi) is 6.24. The van der Waals surface area contributed by atoms with Crippen molar-refractivity contribution in [2.45, 2.75) is 77.9 Å². The van der Waals surface area contributed by atoms with Gasteiger partial charge < -0.3 is 4.74 Å². The lowest BCUT2D eigenvalue weighted by atomic mass is 9.55. The Morgan fingerprint density at radius 2 is 1.29 bits per heavy atom. The van der Waals surface area contributed by atoms with Gasteiger partial charge in [-0.05, 0) is 58.8 Å². The van der Waals surface area contributed by atoms with Gasteiger partial charge in [0.05, 0.1) is 11.8 Å². The minimum absolute atomic E-state index is 0.174. The predicted octanol–water partition coefficient (Wildman–Crippen LogP) is 5.91. The number of hydrogen-bond donors (Lipinski definition) is 0. The molecule has 0 aromatic heterocycles. The van der Waals surface area contributed by atoms with E-state index in [4.69, 9.17) is 4.74 Å². The van der Waals surface area contributed by atoms with Crippen molar-refractivity contribution in [2.75, 3.05) is 0 Å². The van der Waals surface area contributed by atoms with Gasteiger partial charge in [0.15, 0.2) is 0 Å². The number of rotatable bonds is 5. The molecular formula is C33H39NO4. The number of amides is 2. The molecule has 1 saturated carbocycles. The van der Waals surface area contributed by atoms with E-state index in [9.17, 15) is 14.4 Å². The van der Waals surface area contributed by atoms with Crippen LogP contribution >= 0.6 is 0 Å². The highest BCUT2D eigenvalue weighted by atomic mass is 16.5. The summed E-state index contributed by atoms with van der Waals surface area (Å²) in [6.45, 7) is 10.4. The molecule has 1 heterocycles. The summed E-state index contributed by atoms with van der Waals surface area (Å²) in [6, 6.07) is 15.6. The third-order valence-corrected chi connectivity index (χ3v) is 9.86. The lowest BCUT2D eigenvalue weighted by Gasteiger charge is -2.45. The summed E-state index contributed by atoms with van der Waals surface area (Å²) in [4.78, 5) is 43.6. The van der Waals surface area contributed by atoms with Crippen molar-refractivity contribution >= 4 is 17.8 Å². The molecule has 5 nitrogen and oxygen atoms in total. The summed E-state index contributed by atoms with van der Waals surface area (Å²) in [5.41, 5.74) is 4.56. The molecule has 2 bridgehead atoms. The lowest BCUT2D eigenvalue weighted by Crippen LogP contribution is -2.51. The van der Waals surface area contributed by atoms with E-state index in [-0.39, 0.29) is 35.7 Å². The van der Waals surface area contributed by atoms with Gasteiger partial charge in [0.1, 0.15) is 12.1 Å². The van der Waals surface area contributed by atoms with Crippen molar-refractivity contribution in [2.24, 2.45) is 35.5 Å². The molecule has 0 unspecified atom stereocenters. The molecule has 2 amide bonds. The average Bonchev–Trinajstić information content (AvgIpc) is 3.14. The Hall–Kier alpha value is -2.95. The van der Waals surface area contributed by atoms with Gasteiger partial charge in [0.25, 0.3) is 0 Å². The predicted molar refractivity (Wildman–Crippen MR) is 145 cm³/mol. The van der Waals surface area contributed by atoms with Crippen molar-refractivity contribution in [3.05, 3.63) is 70.8 Å². The third-order valence-electron chi connectivity index (χ3n) is 9.86. The molecule has 0 radical (unpaired) electrons. The van der Waals surface area contributed by atoms with Crippen molar-refractivity contribution in [1.29, 1.82) is 0 Å². The van der Waals surface area contributed by atoms with Gasteiger partial charge in [-0.15, -0.1) is 0 Å². The SMILES string of the molecule is CC(C)[C@H]1CC[C@@H](C)C[C@H]1OC(=O)[C@H](C(C)C)N1C(=O)[C@@H]2C3c4ccccc4C(c4ccccc43)[C@@H]2C1=O. The molecule has 2 fully saturated rings. The van der Waals surface area contributed by atoms with Crippen molar-refractivity contribution in [1.82, 2.24) is 4.90 Å². The topological polar surface area (TPSA) is 63.7 Å². The number of carbonyl (C=O) groups is 3. The van der Waals surface area contributed by atoms with Crippen LogP contribution in [0.5, 0.6) is 0 Å². The molecule has 38 heavy (non-hydrogen) atoms. The average molecular weight is 514 g/mol. The summed E-state index contributed by atoms with van der Waals surface area (Å²) in [5, 5.41) is 0. The Balaban J connectivity index is 1.36. The number of hydrogen-bond acceptors (Lipinski definition) is 4. The third kappa shape index (κ3) is 3.68. The van der Waals surface area contributed by atoms with Crippen molar-refractivity contribution in [3.63, 3.8) is 0 Å². The first-order valence-corrected chi connectivity index (χ1v) is 14.5. The summed E-state index contributed by atoms with van der Waals surface area (Å²) >= 11 is 0. The standard InChI is InChI=1S/C33H39NO4/c1-17(2)20-15-14-19(5)16-25(20)38-33(37)30(18(3)4)34-31(35)28-26-21-10-6-7-11-22(21)27(29(28)32(34)36)24-13-9-8-12-23(24)26/h6-13,17-20,25-30H,14-16H2,1-5H3/t19-,20-,25-,26?,27?,28-,29+,30+/m1/s1. The van der Waals surface area contributed by atoms with Crippen LogP contribution in [0.4, 0.5) is 0 Å². The Bertz CT molecular complexity index is 1170. The van der Waals surface area contributed by atoms with Crippen LogP contribution in [0.2, 0.25) is 0 Å². The Morgan fingerprint density at radius 1 is 0.816 bits per heavy atom. The summed E-state index contributed by atoms with van der Waals surface area (Å²) in [7, 11) is 0. The maximum atomic E-state index is 14.2. The van der Waals surface area contributed by atoms with E-state index in [0.29, 0.717) is 17.8 Å². The van der Waals surface area contributed by atoms with Crippen LogP contribution in [0, 0.1) is 35.5 Å². The minimum Gasteiger partial charge on any atom is -0.461 e. The van der Waals surface area contributed by atoms with Gasteiger partial charge in [-0.1, -0.05) is 89.6 Å². The largest absolute Gasteiger partial charge is 0.461 e. The van der Waals surface area contributed by atoms with Gasteiger partial charge >= 0.3 is 5.97 Å². The zero-order chi connectivity index (χ0) is 26.9. The molecule has 0 N–H and O–H groups in total. The number of benzene rings is 2. The Morgan fingerprint density at radius 3 is 1.71 bits per heavy atom. The fraction of sp³-hybridized carbons (Fsp3) is 0.545. The molecule has 5 heteroatoms. The van der Waals surface area contributed by atoms with E-state index in [1.807, 2.05) is 38.1 Å². The van der Waals surface area contributed by atoms with E-state index in [2.05, 4.69) is 45.0 Å². The molecular weight excluding hydrogens is 474 g/mol. The molecule has 7 rings (SSSR count). The van der Waals surface area contributed by atoms with Crippen LogP contribution in [-0.2, 0) is 19.1 Å². The molecule has 5 aliphatic rings. The first kappa shape index (κ1) is 25.3. The van der Waals surface area contributed by atoms with Gasteiger partial charge in [-0.2, -0.15) is 0 Å². The van der Waals surface area contributed by atoms with E-state index >= 15 is 0 Å². The van der Waals surface area contributed by atoms with Crippen LogP contribution in [0.25, 0.3) is 0 Å². The molecule has 2 aromatic rings. The highest BCUT2D eigenvalue weighted by molar-refractivity contribution is 6.10. The highest BCUT2D eigenvalue weighted by Crippen LogP contribution is 2.61. The first-order chi connectivity index (χ1) is 18.2. The van der Waals surface area contributed by atoms with Gasteiger partial charge in [0, 0.05) is 11.8 Å². The van der Waals surface area contributed by atoms with Crippen molar-refractivity contribution in [3.8, 4) is 0 Å². The fourth-order valence-corrected chi connectivity index (χ4v) is 8.12. The van der Waals surface area contributed by atoms with E-state index in [0.717, 1.165) is 41.5 Å². The highest BCUT2D eigenvalue weighted by Gasteiger charge is 2.63. The Labute approximate surface area is 225 Å². The lowest BCUT2D eigenvalue weighted by molar-refractivity contribution is -0.169. The second-order valence-corrected chi connectivity index (χ2v) is 12.8. The van der Waals surface area contributed by atoms with E-state index in [1.54, 1.807) is 0 Å². The molecule has 6 atom stereocenters. The number of likely N-dealkylation sites (tertiary alicyclic amines) is 1. The molecule has 1 aliphatic heterocycles. The number of ether oxygens (including phenoxy) is 1. The van der Waals surface area contributed by atoms with Crippen LogP contribution < -0.4 is 0 Å². The zero-order valence-corrected chi connectivity index (χ0v) is 23.1. The number of carbonyl (C=O) groups excluding carboxylic acids is 3. The minimum atomic E-state index is -0.906. The van der Waals surface area contributed by atoms with Crippen LogP contribution in [0.15, 0.2) is 48.5 Å². The first-order valence-electron chi connectivity index (χ1n) is 14.5. The quantitative estimate of drug-likeness (QED) is 0.368. The fourth-order valence-electron chi connectivity index (χ4n) is 8.12. The number of imide groups is 1. The van der Waals surface area contributed by atoms with E-state index < -0.39 is 23.8 Å². The molecule has 0 spiro atoms. The maximum Gasteiger partial charge on any atom is 0.329 e. The monoisotopic (exact) mass is 513 g/mol. The summed E-state index contributed by atoms with van der Waals surface area (Å²) in [5.74, 6) is -1.21. The smallest absolute Gasteiger partial charge is 0.329 e. The molecule has 1 saturated heterocycles. The maximum absolute atomic E-state index is 14.2. The van der Waals surface area contributed by atoms with Crippen LogP contribution in [-0.4, -0.2) is 34.8 Å². The number of esters is 1. The van der Waals surface area contributed by atoms with Crippen molar-refractivity contribution < 1.29 is 19.1 Å². The number of nitrogens with zero attached hydrogens (tertiary/aromatic N) is 1. The summed E-state index contributed by atoms with van der Waals surface area (Å²) < 4.78 is 6.23. The zero-order valence-electron chi connectivity index (χ0n) is 23.1. The second-order valence-electron chi connectivity index (χ2n) is 12.8. The van der Waals surface area contributed by atoms with Gasteiger partial charge in [-0.25, -0.2) is 4.79 Å². The van der Waals surface area contributed by atoms with Gasteiger partial charge in [0.2, 0.25) is 11.8 Å². The summed E-state index contributed by atoms with van der Waals surface area (Å²) in [6.07, 6.45) is 2.84. The molecule has 200 valence electrons. The second kappa shape index (κ2) is 9.36. The van der Waals surface area contributed by atoms with Crippen LogP contribution in [0.3, 0.4) is 0 Å². The van der Waals surface area contributed by atoms with E-state index in [1.165, 1.54) is 4.90 Å². The molecule has 2 aromatic carbocycles. The molecule has 4 aliphatic carbocycles. The van der Waals surface area contributed by atoms with Gasteiger partial charge in [-0.3, -0.25) is 14.5 Å².